The zero-order valence-electron chi connectivity index (χ0n) is 16.4. The highest BCUT2D eigenvalue weighted by molar-refractivity contribution is 6.01. The highest BCUT2D eigenvalue weighted by Crippen LogP contribution is 2.44. The summed E-state index contributed by atoms with van der Waals surface area (Å²) < 4.78 is 5.27. The SMILES string of the molecule is CCOCCCNC(=O)c1cccc(NC(=O)C2(c3ccccc3)CCC2)c1. The standard InChI is InChI=1S/C23H28N2O3/c1-2-28-16-8-15-24-21(26)18-9-6-12-20(17-18)25-22(27)23(13-7-14-23)19-10-4-3-5-11-19/h3-6,9-12,17H,2,7-8,13-16H2,1H3,(H,24,26)(H,25,27). The minimum absolute atomic E-state index is 0.000720. The average Bonchev–Trinajstić information content (AvgIpc) is 2.68. The molecule has 2 N–H and O–H groups in total. The molecule has 1 saturated carbocycles. The Morgan fingerprint density at radius 2 is 1.86 bits per heavy atom. The summed E-state index contributed by atoms with van der Waals surface area (Å²) in [6.07, 6.45) is 3.52. The van der Waals surface area contributed by atoms with Gasteiger partial charge in [-0.3, -0.25) is 9.59 Å². The Morgan fingerprint density at radius 3 is 2.54 bits per heavy atom. The number of carbonyl (C=O) groups excluding carboxylic acids is 2. The summed E-state index contributed by atoms with van der Waals surface area (Å²) >= 11 is 0. The van der Waals surface area contributed by atoms with Crippen LogP contribution in [-0.4, -0.2) is 31.6 Å². The fourth-order valence-electron chi connectivity index (χ4n) is 3.55. The lowest BCUT2D eigenvalue weighted by atomic mass is 9.64. The van der Waals surface area contributed by atoms with Crippen molar-refractivity contribution in [1.82, 2.24) is 5.32 Å². The smallest absolute Gasteiger partial charge is 0.251 e. The zero-order chi connectivity index (χ0) is 19.8. The van der Waals surface area contributed by atoms with Gasteiger partial charge < -0.3 is 15.4 Å². The van der Waals surface area contributed by atoms with Crippen LogP contribution in [0.4, 0.5) is 5.69 Å². The molecule has 1 aliphatic rings. The molecule has 5 nitrogen and oxygen atoms in total. The molecule has 1 fully saturated rings. The van der Waals surface area contributed by atoms with Crippen LogP contribution in [0.15, 0.2) is 54.6 Å². The van der Waals surface area contributed by atoms with E-state index in [-0.39, 0.29) is 11.8 Å². The minimum Gasteiger partial charge on any atom is -0.382 e. The predicted molar refractivity (Wildman–Crippen MR) is 110 cm³/mol. The monoisotopic (exact) mass is 380 g/mol. The van der Waals surface area contributed by atoms with Crippen LogP contribution in [0.5, 0.6) is 0 Å². The van der Waals surface area contributed by atoms with Gasteiger partial charge in [0.05, 0.1) is 5.41 Å². The van der Waals surface area contributed by atoms with Gasteiger partial charge in [-0.05, 0) is 49.9 Å². The first-order valence-corrected chi connectivity index (χ1v) is 9.99. The Bertz CT molecular complexity index is 801. The number of rotatable bonds is 9. The molecule has 0 aromatic heterocycles. The van der Waals surface area contributed by atoms with E-state index >= 15 is 0 Å². The van der Waals surface area contributed by atoms with Gasteiger partial charge in [0, 0.05) is 31.0 Å². The number of hydrogen-bond acceptors (Lipinski definition) is 3. The molecule has 2 aromatic carbocycles. The fraction of sp³-hybridized carbons (Fsp3) is 0.391. The molecule has 5 heteroatoms. The van der Waals surface area contributed by atoms with Gasteiger partial charge in [-0.1, -0.05) is 42.8 Å². The lowest BCUT2D eigenvalue weighted by Crippen LogP contribution is -2.46. The molecule has 0 saturated heterocycles. The molecular formula is C23H28N2O3. The van der Waals surface area contributed by atoms with Crippen molar-refractivity contribution in [2.45, 2.75) is 38.0 Å². The van der Waals surface area contributed by atoms with Crippen molar-refractivity contribution >= 4 is 17.5 Å². The molecule has 0 bridgehead atoms. The van der Waals surface area contributed by atoms with Crippen LogP contribution in [0.25, 0.3) is 0 Å². The highest BCUT2D eigenvalue weighted by Gasteiger charge is 2.45. The van der Waals surface area contributed by atoms with E-state index in [1.165, 1.54) is 0 Å². The van der Waals surface area contributed by atoms with E-state index in [4.69, 9.17) is 4.74 Å². The molecule has 0 radical (unpaired) electrons. The van der Waals surface area contributed by atoms with Crippen LogP contribution < -0.4 is 10.6 Å². The molecule has 0 heterocycles. The van der Waals surface area contributed by atoms with Crippen LogP contribution in [0.3, 0.4) is 0 Å². The summed E-state index contributed by atoms with van der Waals surface area (Å²) in [5.41, 5.74) is 1.78. The first-order valence-electron chi connectivity index (χ1n) is 9.99. The third-order valence-electron chi connectivity index (χ3n) is 5.31. The molecule has 0 atom stereocenters. The van der Waals surface area contributed by atoms with Gasteiger partial charge in [-0.2, -0.15) is 0 Å². The second-order valence-electron chi connectivity index (χ2n) is 7.14. The van der Waals surface area contributed by atoms with Crippen molar-refractivity contribution in [1.29, 1.82) is 0 Å². The number of hydrogen-bond donors (Lipinski definition) is 2. The highest BCUT2D eigenvalue weighted by atomic mass is 16.5. The molecule has 0 unspecified atom stereocenters. The first-order chi connectivity index (χ1) is 13.7. The summed E-state index contributed by atoms with van der Waals surface area (Å²) in [4.78, 5) is 25.4. The molecule has 28 heavy (non-hydrogen) atoms. The largest absolute Gasteiger partial charge is 0.382 e. The van der Waals surface area contributed by atoms with Crippen LogP contribution in [0.1, 0.15) is 48.5 Å². The summed E-state index contributed by atoms with van der Waals surface area (Å²) in [5.74, 6) is -0.145. The van der Waals surface area contributed by atoms with E-state index in [1.807, 2.05) is 43.3 Å². The summed E-state index contributed by atoms with van der Waals surface area (Å²) in [5, 5.41) is 5.91. The van der Waals surface area contributed by atoms with Gasteiger partial charge in [0.25, 0.3) is 5.91 Å². The van der Waals surface area contributed by atoms with Crippen LogP contribution in [0.2, 0.25) is 0 Å². The molecular weight excluding hydrogens is 352 g/mol. The zero-order valence-corrected chi connectivity index (χ0v) is 16.4. The van der Waals surface area contributed by atoms with Crippen molar-refractivity contribution in [3.63, 3.8) is 0 Å². The Kier molecular flexibility index (Phi) is 6.82. The Balaban J connectivity index is 1.62. The van der Waals surface area contributed by atoms with E-state index in [0.29, 0.717) is 31.0 Å². The topological polar surface area (TPSA) is 67.4 Å². The second kappa shape index (κ2) is 9.51. The molecule has 2 amide bonds. The molecule has 148 valence electrons. The summed E-state index contributed by atoms with van der Waals surface area (Å²) in [6, 6.07) is 17.0. The van der Waals surface area contributed by atoms with Crippen molar-refractivity contribution in [3.05, 3.63) is 65.7 Å². The number of amides is 2. The maximum absolute atomic E-state index is 13.0. The van der Waals surface area contributed by atoms with Gasteiger partial charge in [-0.15, -0.1) is 0 Å². The van der Waals surface area contributed by atoms with Crippen LogP contribution in [0, 0.1) is 0 Å². The summed E-state index contributed by atoms with van der Waals surface area (Å²) in [7, 11) is 0. The first kappa shape index (κ1) is 20.1. The number of nitrogens with one attached hydrogen (secondary N) is 2. The fourth-order valence-corrected chi connectivity index (χ4v) is 3.55. The third-order valence-corrected chi connectivity index (χ3v) is 5.31. The summed E-state index contributed by atoms with van der Waals surface area (Å²) in [6.45, 7) is 3.82. The lowest BCUT2D eigenvalue weighted by molar-refractivity contribution is -0.124. The van der Waals surface area contributed by atoms with E-state index in [9.17, 15) is 9.59 Å². The van der Waals surface area contributed by atoms with E-state index in [0.717, 1.165) is 31.2 Å². The normalized spacial score (nSPS) is 14.8. The average molecular weight is 380 g/mol. The van der Waals surface area contributed by atoms with Crippen molar-refractivity contribution in [2.24, 2.45) is 0 Å². The third kappa shape index (κ3) is 4.60. The van der Waals surface area contributed by atoms with Gasteiger partial charge in [0.2, 0.25) is 5.91 Å². The van der Waals surface area contributed by atoms with E-state index < -0.39 is 5.41 Å². The maximum Gasteiger partial charge on any atom is 0.251 e. The molecule has 0 aliphatic heterocycles. The van der Waals surface area contributed by atoms with Crippen LogP contribution >= 0.6 is 0 Å². The van der Waals surface area contributed by atoms with Gasteiger partial charge in [0.1, 0.15) is 0 Å². The lowest BCUT2D eigenvalue weighted by Gasteiger charge is -2.40. The van der Waals surface area contributed by atoms with Gasteiger partial charge in [0.15, 0.2) is 0 Å². The Hall–Kier alpha value is -2.66. The van der Waals surface area contributed by atoms with Crippen molar-refractivity contribution in [2.75, 3.05) is 25.1 Å². The van der Waals surface area contributed by atoms with E-state index in [1.54, 1.807) is 18.2 Å². The second-order valence-corrected chi connectivity index (χ2v) is 7.14. The van der Waals surface area contributed by atoms with Crippen molar-refractivity contribution in [3.8, 4) is 0 Å². The predicted octanol–water partition coefficient (Wildman–Crippen LogP) is 3.90. The van der Waals surface area contributed by atoms with Gasteiger partial charge >= 0.3 is 0 Å². The Morgan fingerprint density at radius 1 is 1.07 bits per heavy atom. The Labute approximate surface area is 166 Å². The van der Waals surface area contributed by atoms with Crippen molar-refractivity contribution < 1.29 is 14.3 Å². The van der Waals surface area contributed by atoms with Crippen LogP contribution in [-0.2, 0) is 14.9 Å². The van der Waals surface area contributed by atoms with E-state index in [2.05, 4.69) is 10.6 Å². The number of carbonyl (C=O) groups is 2. The van der Waals surface area contributed by atoms with Gasteiger partial charge in [-0.25, -0.2) is 0 Å². The molecule has 1 aliphatic carbocycles. The number of anilines is 1. The number of ether oxygens (including phenoxy) is 1. The maximum atomic E-state index is 13.0. The molecule has 2 aromatic rings. The quantitative estimate of drug-likeness (QED) is 0.648. The minimum atomic E-state index is -0.460. The number of benzene rings is 2. The molecule has 0 spiro atoms. The molecule has 3 rings (SSSR count).